The lowest BCUT2D eigenvalue weighted by atomic mass is 10.1. The van der Waals surface area contributed by atoms with Crippen molar-refractivity contribution in [2.45, 2.75) is 25.2 Å². The van der Waals surface area contributed by atoms with Crippen molar-refractivity contribution < 1.29 is 8.42 Å². The molecule has 0 bridgehead atoms. The van der Waals surface area contributed by atoms with Crippen molar-refractivity contribution in [1.82, 2.24) is 0 Å². The second-order valence-electron chi connectivity index (χ2n) is 4.08. The van der Waals surface area contributed by atoms with Crippen molar-refractivity contribution in [2.75, 3.05) is 11.9 Å². The van der Waals surface area contributed by atoms with Crippen molar-refractivity contribution in [3.8, 4) is 0 Å². The third kappa shape index (κ3) is 4.29. The SMILES string of the molecule is CCC(C)CNc1ccc(S(N)(=O)=O)cc1Br. The molecule has 1 rings (SSSR count). The monoisotopic (exact) mass is 320 g/mol. The van der Waals surface area contributed by atoms with Gasteiger partial charge in [-0.25, -0.2) is 13.6 Å². The van der Waals surface area contributed by atoms with Crippen LogP contribution in [0.2, 0.25) is 0 Å². The molecule has 96 valence electrons. The normalized spacial score (nSPS) is 13.4. The molecule has 1 unspecified atom stereocenters. The summed E-state index contributed by atoms with van der Waals surface area (Å²) in [6, 6.07) is 4.72. The summed E-state index contributed by atoms with van der Waals surface area (Å²) in [6.45, 7) is 5.13. The van der Waals surface area contributed by atoms with E-state index in [0.29, 0.717) is 10.4 Å². The van der Waals surface area contributed by atoms with E-state index >= 15 is 0 Å². The largest absolute Gasteiger partial charge is 0.384 e. The molecule has 0 aliphatic rings. The van der Waals surface area contributed by atoms with Crippen LogP contribution >= 0.6 is 15.9 Å². The molecule has 6 heteroatoms. The van der Waals surface area contributed by atoms with Gasteiger partial charge in [-0.05, 0) is 40.0 Å². The third-order valence-corrected chi connectivity index (χ3v) is 4.17. The molecule has 0 fully saturated rings. The second-order valence-corrected chi connectivity index (χ2v) is 6.50. The summed E-state index contributed by atoms with van der Waals surface area (Å²) in [6.07, 6.45) is 1.10. The maximum Gasteiger partial charge on any atom is 0.238 e. The number of benzene rings is 1. The molecule has 0 saturated carbocycles. The molecule has 0 spiro atoms. The van der Waals surface area contributed by atoms with Crippen LogP contribution in [0.1, 0.15) is 20.3 Å². The van der Waals surface area contributed by atoms with E-state index < -0.39 is 10.0 Å². The van der Waals surface area contributed by atoms with Gasteiger partial charge >= 0.3 is 0 Å². The van der Waals surface area contributed by atoms with Gasteiger partial charge in [0.1, 0.15) is 0 Å². The van der Waals surface area contributed by atoms with Crippen LogP contribution in [0.3, 0.4) is 0 Å². The number of anilines is 1. The summed E-state index contributed by atoms with van der Waals surface area (Å²) in [7, 11) is -3.64. The summed E-state index contributed by atoms with van der Waals surface area (Å²) in [5, 5.41) is 8.31. The molecule has 0 heterocycles. The zero-order chi connectivity index (χ0) is 13.1. The number of hydrogen-bond acceptors (Lipinski definition) is 3. The van der Waals surface area contributed by atoms with E-state index in [1.54, 1.807) is 6.07 Å². The highest BCUT2D eigenvalue weighted by molar-refractivity contribution is 9.10. The molecule has 0 aromatic heterocycles. The van der Waals surface area contributed by atoms with E-state index in [4.69, 9.17) is 5.14 Å². The third-order valence-electron chi connectivity index (χ3n) is 2.61. The van der Waals surface area contributed by atoms with E-state index in [2.05, 4.69) is 35.1 Å². The van der Waals surface area contributed by atoms with E-state index in [0.717, 1.165) is 18.7 Å². The van der Waals surface area contributed by atoms with Gasteiger partial charge in [0.2, 0.25) is 10.0 Å². The molecular formula is C11H17BrN2O2S. The number of sulfonamides is 1. The molecule has 3 N–H and O–H groups in total. The van der Waals surface area contributed by atoms with Gasteiger partial charge in [0.25, 0.3) is 0 Å². The topological polar surface area (TPSA) is 72.2 Å². The summed E-state index contributed by atoms with van der Waals surface area (Å²) < 4.78 is 23.0. The Morgan fingerprint density at radius 3 is 2.59 bits per heavy atom. The minimum Gasteiger partial charge on any atom is -0.384 e. The number of primary sulfonamides is 1. The van der Waals surface area contributed by atoms with Crippen LogP contribution < -0.4 is 10.5 Å². The number of rotatable bonds is 5. The van der Waals surface area contributed by atoms with Gasteiger partial charge in [0, 0.05) is 16.7 Å². The molecule has 0 saturated heterocycles. The van der Waals surface area contributed by atoms with Crippen LogP contribution in [0.4, 0.5) is 5.69 Å². The summed E-state index contributed by atoms with van der Waals surface area (Å²) >= 11 is 3.33. The minimum atomic E-state index is -3.64. The van der Waals surface area contributed by atoms with Crippen LogP contribution in [0.25, 0.3) is 0 Å². The smallest absolute Gasteiger partial charge is 0.238 e. The predicted molar refractivity (Wildman–Crippen MR) is 73.5 cm³/mol. The summed E-state index contributed by atoms with van der Waals surface area (Å²) in [5.41, 5.74) is 0.873. The molecule has 17 heavy (non-hydrogen) atoms. The lowest BCUT2D eigenvalue weighted by Gasteiger charge is -2.13. The van der Waals surface area contributed by atoms with E-state index in [9.17, 15) is 8.42 Å². The fourth-order valence-corrected chi connectivity index (χ4v) is 2.46. The van der Waals surface area contributed by atoms with Crippen molar-refractivity contribution >= 4 is 31.6 Å². The molecule has 1 atom stereocenters. The van der Waals surface area contributed by atoms with Gasteiger partial charge in [-0.3, -0.25) is 0 Å². The fraction of sp³-hybridized carbons (Fsp3) is 0.455. The van der Waals surface area contributed by atoms with Crippen LogP contribution in [0.5, 0.6) is 0 Å². The fourth-order valence-electron chi connectivity index (χ4n) is 1.24. The predicted octanol–water partition coefficient (Wildman–Crippen LogP) is 2.55. The van der Waals surface area contributed by atoms with Gasteiger partial charge in [0.15, 0.2) is 0 Å². The molecular weight excluding hydrogens is 304 g/mol. The highest BCUT2D eigenvalue weighted by Crippen LogP contribution is 2.25. The summed E-state index contributed by atoms with van der Waals surface area (Å²) in [4.78, 5) is 0.110. The first-order chi connectivity index (χ1) is 7.84. The van der Waals surface area contributed by atoms with Crippen molar-refractivity contribution in [3.63, 3.8) is 0 Å². The maximum absolute atomic E-state index is 11.1. The number of hydrogen-bond donors (Lipinski definition) is 2. The summed E-state index contributed by atoms with van der Waals surface area (Å²) in [5.74, 6) is 0.569. The number of nitrogens with one attached hydrogen (secondary N) is 1. The van der Waals surface area contributed by atoms with Crippen molar-refractivity contribution in [2.24, 2.45) is 11.1 Å². The standard InChI is InChI=1S/C11H17BrN2O2S/c1-3-8(2)7-14-11-5-4-9(6-10(11)12)17(13,15)16/h4-6,8,14H,3,7H2,1-2H3,(H2,13,15,16). The Bertz CT molecular complexity index is 488. The minimum absolute atomic E-state index is 0.110. The Kier molecular flexibility index (Phi) is 4.97. The Morgan fingerprint density at radius 2 is 2.12 bits per heavy atom. The second kappa shape index (κ2) is 5.84. The molecule has 0 aliphatic heterocycles. The first-order valence-corrected chi connectivity index (χ1v) is 7.74. The zero-order valence-corrected chi connectivity index (χ0v) is 12.3. The average Bonchev–Trinajstić information content (AvgIpc) is 2.25. The van der Waals surface area contributed by atoms with Crippen LogP contribution in [-0.4, -0.2) is 15.0 Å². The van der Waals surface area contributed by atoms with Crippen LogP contribution in [0.15, 0.2) is 27.6 Å². The van der Waals surface area contributed by atoms with Gasteiger partial charge in [-0.2, -0.15) is 0 Å². The molecule has 0 amide bonds. The molecule has 0 radical (unpaired) electrons. The average molecular weight is 321 g/mol. The molecule has 0 aliphatic carbocycles. The van der Waals surface area contributed by atoms with Crippen molar-refractivity contribution in [3.05, 3.63) is 22.7 Å². The number of halogens is 1. The first-order valence-electron chi connectivity index (χ1n) is 5.40. The number of nitrogens with two attached hydrogens (primary N) is 1. The van der Waals surface area contributed by atoms with Gasteiger partial charge in [0.05, 0.1) is 4.90 Å². The van der Waals surface area contributed by atoms with E-state index in [1.807, 2.05) is 0 Å². The van der Waals surface area contributed by atoms with Crippen LogP contribution in [-0.2, 0) is 10.0 Å². The first kappa shape index (κ1) is 14.5. The van der Waals surface area contributed by atoms with Crippen molar-refractivity contribution in [1.29, 1.82) is 0 Å². The Morgan fingerprint density at radius 1 is 1.47 bits per heavy atom. The molecule has 1 aromatic carbocycles. The highest BCUT2D eigenvalue weighted by atomic mass is 79.9. The highest BCUT2D eigenvalue weighted by Gasteiger charge is 2.10. The lowest BCUT2D eigenvalue weighted by molar-refractivity contribution is 0.593. The van der Waals surface area contributed by atoms with Gasteiger partial charge in [-0.1, -0.05) is 20.3 Å². The molecule has 4 nitrogen and oxygen atoms in total. The van der Waals surface area contributed by atoms with Gasteiger partial charge in [-0.15, -0.1) is 0 Å². The lowest BCUT2D eigenvalue weighted by Crippen LogP contribution is -2.13. The molecule has 1 aromatic rings. The quantitative estimate of drug-likeness (QED) is 0.875. The van der Waals surface area contributed by atoms with Crippen LogP contribution in [0, 0.1) is 5.92 Å². The zero-order valence-electron chi connectivity index (χ0n) is 9.90. The van der Waals surface area contributed by atoms with E-state index in [1.165, 1.54) is 12.1 Å². The Hall–Kier alpha value is -0.590. The van der Waals surface area contributed by atoms with Gasteiger partial charge < -0.3 is 5.32 Å². The Labute approximate surface area is 111 Å². The Balaban J connectivity index is 2.84. The van der Waals surface area contributed by atoms with E-state index in [-0.39, 0.29) is 4.90 Å². The maximum atomic E-state index is 11.1.